The average Bonchev–Trinajstić information content (AvgIpc) is 1.78. The van der Waals surface area contributed by atoms with E-state index in [2.05, 4.69) is 10.3 Å². The average molecular weight is 125 g/mol. The quantitative estimate of drug-likeness (QED) is 0.483. The predicted molar refractivity (Wildman–Crippen MR) is 35.8 cm³/mol. The van der Waals surface area contributed by atoms with Gasteiger partial charge in [-0.1, -0.05) is 5.22 Å². The van der Waals surface area contributed by atoms with Crippen molar-refractivity contribution in [1.82, 2.24) is 5.01 Å². The maximum absolute atomic E-state index is 4.01. The van der Waals surface area contributed by atoms with Crippen molar-refractivity contribution in [1.29, 1.82) is 0 Å². The molecule has 0 saturated heterocycles. The highest BCUT2D eigenvalue weighted by Crippen LogP contribution is 2.15. The lowest BCUT2D eigenvalue weighted by molar-refractivity contribution is 0.385. The molecule has 0 radical (unpaired) electrons. The molecule has 0 aromatic carbocycles. The van der Waals surface area contributed by atoms with Crippen molar-refractivity contribution in [2.75, 3.05) is 7.05 Å². The SMILES string of the molecule is CN1C=CC(C)(C)N=N1. The first-order chi connectivity index (χ1) is 4.10. The molecule has 0 spiro atoms. The fourth-order valence-electron chi connectivity index (χ4n) is 0.539. The standard InChI is InChI=1S/C6H11N3/c1-6(2)4-5-9(3)8-7-6/h4-5H,1-3H3. The zero-order valence-electron chi connectivity index (χ0n) is 6.00. The first-order valence-electron chi connectivity index (χ1n) is 2.95. The normalized spacial score (nSPS) is 22.8. The summed E-state index contributed by atoms with van der Waals surface area (Å²) < 4.78 is 0. The lowest BCUT2D eigenvalue weighted by Crippen LogP contribution is -2.18. The first-order valence-corrected chi connectivity index (χ1v) is 2.95. The Bertz CT molecular complexity index is 142. The molecule has 3 nitrogen and oxygen atoms in total. The third-order valence-electron chi connectivity index (χ3n) is 1.14. The molecule has 0 fully saturated rings. The van der Waals surface area contributed by atoms with Gasteiger partial charge >= 0.3 is 0 Å². The van der Waals surface area contributed by atoms with Crippen LogP contribution in [0.25, 0.3) is 0 Å². The Morgan fingerprint density at radius 1 is 1.44 bits per heavy atom. The molecule has 0 bridgehead atoms. The minimum atomic E-state index is -0.105. The summed E-state index contributed by atoms with van der Waals surface area (Å²) in [5.74, 6) is 0. The molecule has 0 aromatic rings. The van der Waals surface area contributed by atoms with Crippen molar-refractivity contribution in [3.8, 4) is 0 Å². The van der Waals surface area contributed by atoms with Gasteiger partial charge in [-0.3, -0.25) is 5.01 Å². The second kappa shape index (κ2) is 1.83. The zero-order chi connectivity index (χ0) is 6.91. The molecule has 1 rings (SSSR count). The van der Waals surface area contributed by atoms with E-state index in [0.717, 1.165) is 0 Å². The molecular formula is C6H11N3. The van der Waals surface area contributed by atoms with Gasteiger partial charge in [0.2, 0.25) is 0 Å². The number of hydrogen-bond donors (Lipinski definition) is 0. The van der Waals surface area contributed by atoms with E-state index in [4.69, 9.17) is 0 Å². The van der Waals surface area contributed by atoms with Gasteiger partial charge in [0.25, 0.3) is 0 Å². The van der Waals surface area contributed by atoms with Gasteiger partial charge in [0.15, 0.2) is 0 Å². The van der Waals surface area contributed by atoms with Crippen LogP contribution in [-0.4, -0.2) is 17.6 Å². The van der Waals surface area contributed by atoms with Gasteiger partial charge < -0.3 is 0 Å². The van der Waals surface area contributed by atoms with Crippen molar-refractivity contribution < 1.29 is 0 Å². The lowest BCUT2D eigenvalue weighted by Gasteiger charge is -2.19. The summed E-state index contributed by atoms with van der Waals surface area (Å²) in [6.07, 6.45) is 3.92. The van der Waals surface area contributed by atoms with Crippen molar-refractivity contribution in [3.05, 3.63) is 12.3 Å². The van der Waals surface area contributed by atoms with Crippen LogP contribution in [0.3, 0.4) is 0 Å². The Labute approximate surface area is 55.0 Å². The van der Waals surface area contributed by atoms with E-state index in [1.54, 1.807) is 5.01 Å². The van der Waals surface area contributed by atoms with Crippen molar-refractivity contribution >= 4 is 0 Å². The van der Waals surface area contributed by atoms with Crippen LogP contribution in [0, 0.1) is 0 Å². The molecule has 0 unspecified atom stereocenters. The summed E-state index contributed by atoms with van der Waals surface area (Å²) in [6.45, 7) is 4.03. The maximum Gasteiger partial charge on any atom is 0.0978 e. The predicted octanol–water partition coefficient (Wildman–Crippen LogP) is 1.59. The maximum atomic E-state index is 4.01. The van der Waals surface area contributed by atoms with Gasteiger partial charge in [0.1, 0.15) is 0 Å². The summed E-state index contributed by atoms with van der Waals surface area (Å²) >= 11 is 0. The van der Waals surface area contributed by atoms with E-state index in [1.165, 1.54) is 0 Å². The Kier molecular flexibility index (Phi) is 1.27. The summed E-state index contributed by atoms with van der Waals surface area (Å²) in [4.78, 5) is 0. The summed E-state index contributed by atoms with van der Waals surface area (Å²) in [7, 11) is 1.86. The van der Waals surface area contributed by atoms with Crippen molar-refractivity contribution in [2.45, 2.75) is 19.4 Å². The van der Waals surface area contributed by atoms with Crippen LogP contribution in [0.4, 0.5) is 0 Å². The highest BCUT2D eigenvalue weighted by molar-refractivity contribution is 5.01. The number of hydrogen-bond acceptors (Lipinski definition) is 3. The van der Waals surface area contributed by atoms with E-state index in [0.29, 0.717) is 0 Å². The van der Waals surface area contributed by atoms with Gasteiger partial charge in [-0.15, -0.1) is 0 Å². The van der Waals surface area contributed by atoms with E-state index >= 15 is 0 Å². The molecule has 3 heteroatoms. The highest BCUT2D eigenvalue weighted by Gasteiger charge is 2.14. The van der Waals surface area contributed by atoms with Crippen LogP contribution in [0.1, 0.15) is 13.8 Å². The Balaban J connectivity index is 2.70. The molecule has 0 aromatic heterocycles. The van der Waals surface area contributed by atoms with Crippen LogP contribution in [0.15, 0.2) is 22.6 Å². The van der Waals surface area contributed by atoms with E-state index < -0.39 is 0 Å². The lowest BCUT2D eigenvalue weighted by atomic mass is 10.1. The molecule has 0 atom stereocenters. The summed E-state index contributed by atoms with van der Waals surface area (Å²) in [5, 5.41) is 9.55. The van der Waals surface area contributed by atoms with E-state index in [9.17, 15) is 0 Å². The Morgan fingerprint density at radius 2 is 2.11 bits per heavy atom. The molecule has 50 valence electrons. The Hall–Kier alpha value is -0.860. The van der Waals surface area contributed by atoms with E-state index in [1.807, 2.05) is 33.2 Å². The molecule has 1 heterocycles. The smallest absolute Gasteiger partial charge is 0.0978 e. The Morgan fingerprint density at radius 3 is 2.44 bits per heavy atom. The monoisotopic (exact) mass is 125 g/mol. The van der Waals surface area contributed by atoms with Crippen LogP contribution in [0.5, 0.6) is 0 Å². The molecule has 9 heavy (non-hydrogen) atoms. The van der Waals surface area contributed by atoms with Crippen LogP contribution < -0.4 is 0 Å². The van der Waals surface area contributed by atoms with Gasteiger partial charge in [-0.2, -0.15) is 5.11 Å². The van der Waals surface area contributed by atoms with Crippen LogP contribution >= 0.6 is 0 Å². The van der Waals surface area contributed by atoms with Gasteiger partial charge in [0, 0.05) is 13.2 Å². The number of nitrogens with zero attached hydrogens (tertiary/aromatic N) is 3. The minimum Gasteiger partial charge on any atom is -0.258 e. The fraction of sp³-hybridized carbons (Fsp3) is 0.667. The molecular weight excluding hydrogens is 114 g/mol. The fourth-order valence-corrected chi connectivity index (χ4v) is 0.539. The van der Waals surface area contributed by atoms with Crippen LogP contribution in [-0.2, 0) is 0 Å². The molecule has 0 amide bonds. The minimum absolute atomic E-state index is 0.105. The van der Waals surface area contributed by atoms with Gasteiger partial charge in [0.05, 0.1) is 5.54 Å². The molecule has 0 aliphatic carbocycles. The van der Waals surface area contributed by atoms with Crippen molar-refractivity contribution in [3.63, 3.8) is 0 Å². The molecule has 1 aliphatic heterocycles. The highest BCUT2D eigenvalue weighted by atomic mass is 15.5. The first kappa shape index (κ1) is 6.26. The van der Waals surface area contributed by atoms with E-state index in [-0.39, 0.29) is 5.54 Å². The summed E-state index contributed by atoms with van der Waals surface area (Å²) in [6, 6.07) is 0. The van der Waals surface area contributed by atoms with Gasteiger partial charge in [-0.25, -0.2) is 0 Å². The summed E-state index contributed by atoms with van der Waals surface area (Å²) in [5.41, 5.74) is -0.105. The molecule has 0 saturated carbocycles. The third kappa shape index (κ3) is 1.52. The van der Waals surface area contributed by atoms with Gasteiger partial charge in [-0.05, 0) is 19.9 Å². The second-order valence-electron chi connectivity index (χ2n) is 2.73. The largest absolute Gasteiger partial charge is 0.258 e. The number of rotatable bonds is 0. The zero-order valence-corrected chi connectivity index (χ0v) is 6.00. The molecule has 0 N–H and O–H groups in total. The third-order valence-corrected chi connectivity index (χ3v) is 1.14. The van der Waals surface area contributed by atoms with Crippen molar-refractivity contribution in [2.24, 2.45) is 10.3 Å². The molecule has 1 aliphatic rings. The second-order valence-corrected chi connectivity index (χ2v) is 2.73. The topological polar surface area (TPSA) is 28.0 Å². The van der Waals surface area contributed by atoms with Crippen LogP contribution in [0.2, 0.25) is 0 Å².